The Hall–Kier alpha value is -2.59. The minimum absolute atomic E-state index is 0.113. The summed E-state index contributed by atoms with van der Waals surface area (Å²) in [5, 5.41) is 1.39. The highest BCUT2D eigenvalue weighted by atomic mass is 35.5. The third kappa shape index (κ3) is 3.59. The van der Waals surface area contributed by atoms with Crippen molar-refractivity contribution in [2.75, 3.05) is 0 Å². The normalized spacial score (nSPS) is 10.8. The van der Waals surface area contributed by atoms with Gasteiger partial charge in [0.05, 0.1) is 5.56 Å². The van der Waals surface area contributed by atoms with E-state index in [1.54, 1.807) is 24.3 Å². The summed E-state index contributed by atoms with van der Waals surface area (Å²) < 4.78 is 5.35. The van der Waals surface area contributed by atoms with Crippen LogP contribution in [0.25, 0.3) is 10.9 Å². The van der Waals surface area contributed by atoms with E-state index in [1.807, 2.05) is 18.2 Å². The first-order valence-electron chi connectivity index (χ1n) is 8.14. The Morgan fingerprint density at radius 1 is 1.24 bits per heavy atom. The quantitative estimate of drug-likeness (QED) is 0.503. The molecular weight excluding hydrogens is 338 g/mol. The number of aryl methyl sites for hydroxylation is 1. The molecule has 0 saturated heterocycles. The number of aromatic nitrogens is 1. The first-order valence-corrected chi connectivity index (χ1v) is 8.52. The molecule has 25 heavy (non-hydrogen) atoms. The van der Waals surface area contributed by atoms with Crippen LogP contribution in [0.1, 0.15) is 45.3 Å². The van der Waals surface area contributed by atoms with E-state index in [9.17, 15) is 9.59 Å². The van der Waals surface area contributed by atoms with Gasteiger partial charge in [0.25, 0.3) is 0 Å². The van der Waals surface area contributed by atoms with E-state index in [4.69, 9.17) is 16.3 Å². The molecule has 0 spiro atoms. The average molecular weight is 356 g/mol. The molecule has 2 aromatic carbocycles. The highest BCUT2D eigenvalue weighted by Crippen LogP contribution is 2.24. The minimum Gasteiger partial charge on any atom is -0.457 e. The van der Waals surface area contributed by atoms with Gasteiger partial charge >= 0.3 is 5.97 Å². The first-order chi connectivity index (χ1) is 12.1. The number of aromatic amines is 1. The zero-order valence-electron chi connectivity index (χ0n) is 13.8. The van der Waals surface area contributed by atoms with Crippen molar-refractivity contribution in [3.8, 4) is 0 Å². The van der Waals surface area contributed by atoms with Crippen LogP contribution < -0.4 is 0 Å². The standard InChI is InChI=1S/C20H18ClNO3/c1-2-5-18-16(11-23)15-9-8-13(10-19(15)22-18)20(24)25-12-14-6-3-4-7-17(14)21/h3-4,6-11,22H,2,5,12H2,1H3. The maximum Gasteiger partial charge on any atom is 0.338 e. The second-order valence-electron chi connectivity index (χ2n) is 5.81. The van der Waals surface area contributed by atoms with E-state index in [1.165, 1.54) is 0 Å². The Balaban J connectivity index is 1.82. The summed E-state index contributed by atoms with van der Waals surface area (Å²) in [6, 6.07) is 12.4. The Kier molecular flexibility index (Phi) is 5.19. The lowest BCUT2D eigenvalue weighted by molar-refractivity contribution is 0.0473. The van der Waals surface area contributed by atoms with Gasteiger partial charge in [0.1, 0.15) is 6.61 Å². The van der Waals surface area contributed by atoms with Crippen LogP contribution in [0.15, 0.2) is 42.5 Å². The molecule has 0 bridgehead atoms. The van der Waals surface area contributed by atoms with Crippen molar-refractivity contribution < 1.29 is 14.3 Å². The molecule has 0 aliphatic heterocycles. The van der Waals surface area contributed by atoms with Crippen molar-refractivity contribution in [1.82, 2.24) is 4.98 Å². The van der Waals surface area contributed by atoms with E-state index in [2.05, 4.69) is 11.9 Å². The number of fused-ring (bicyclic) bond motifs is 1. The van der Waals surface area contributed by atoms with Crippen LogP contribution in [0.3, 0.4) is 0 Å². The van der Waals surface area contributed by atoms with Crippen molar-refractivity contribution in [2.45, 2.75) is 26.4 Å². The molecule has 0 atom stereocenters. The molecule has 1 aromatic heterocycles. The topological polar surface area (TPSA) is 59.2 Å². The highest BCUT2D eigenvalue weighted by molar-refractivity contribution is 6.31. The Labute approximate surface area is 150 Å². The van der Waals surface area contributed by atoms with Crippen molar-refractivity contribution in [1.29, 1.82) is 0 Å². The van der Waals surface area contributed by atoms with Crippen molar-refractivity contribution >= 4 is 34.8 Å². The third-order valence-electron chi connectivity index (χ3n) is 4.09. The lowest BCUT2D eigenvalue weighted by atomic mass is 10.1. The van der Waals surface area contributed by atoms with Gasteiger partial charge < -0.3 is 9.72 Å². The van der Waals surface area contributed by atoms with E-state index in [-0.39, 0.29) is 6.61 Å². The number of H-pyrrole nitrogens is 1. The van der Waals surface area contributed by atoms with Crippen LogP contribution in [-0.4, -0.2) is 17.2 Å². The molecule has 4 nitrogen and oxygen atoms in total. The number of halogens is 1. The van der Waals surface area contributed by atoms with Gasteiger partial charge in [-0.2, -0.15) is 0 Å². The third-order valence-corrected chi connectivity index (χ3v) is 4.46. The van der Waals surface area contributed by atoms with Gasteiger partial charge in [0, 0.05) is 32.7 Å². The molecule has 0 amide bonds. The fourth-order valence-electron chi connectivity index (χ4n) is 2.83. The minimum atomic E-state index is -0.430. The van der Waals surface area contributed by atoms with Crippen LogP contribution in [0.4, 0.5) is 0 Å². The van der Waals surface area contributed by atoms with Gasteiger partial charge in [-0.3, -0.25) is 4.79 Å². The second-order valence-corrected chi connectivity index (χ2v) is 6.22. The van der Waals surface area contributed by atoms with Gasteiger partial charge in [-0.25, -0.2) is 4.79 Å². The fourth-order valence-corrected chi connectivity index (χ4v) is 3.02. The van der Waals surface area contributed by atoms with E-state index < -0.39 is 5.97 Å². The summed E-state index contributed by atoms with van der Waals surface area (Å²) in [6.45, 7) is 2.17. The number of hydrogen-bond donors (Lipinski definition) is 1. The lowest BCUT2D eigenvalue weighted by Crippen LogP contribution is -2.05. The summed E-state index contributed by atoms with van der Waals surface area (Å²) in [5.41, 5.74) is 3.51. The fraction of sp³-hybridized carbons (Fsp3) is 0.200. The van der Waals surface area contributed by atoms with E-state index in [0.29, 0.717) is 16.1 Å². The molecule has 0 aliphatic rings. The number of ether oxygens (including phenoxy) is 1. The maximum atomic E-state index is 12.3. The lowest BCUT2D eigenvalue weighted by Gasteiger charge is -2.06. The van der Waals surface area contributed by atoms with Crippen LogP contribution in [0.5, 0.6) is 0 Å². The van der Waals surface area contributed by atoms with Crippen LogP contribution in [-0.2, 0) is 17.8 Å². The zero-order valence-corrected chi connectivity index (χ0v) is 14.6. The predicted octanol–water partition coefficient (Wildman–Crippen LogP) is 4.94. The Morgan fingerprint density at radius 3 is 2.76 bits per heavy atom. The Bertz CT molecular complexity index is 930. The highest BCUT2D eigenvalue weighted by Gasteiger charge is 2.14. The van der Waals surface area contributed by atoms with Crippen molar-refractivity contribution in [2.24, 2.45) is 0 Å². The first kappa shape index (κ1) is 17.2. The molecule has 5 heteroatoms. The van der Waals surface area contributed by atoms with Crippen molar-refractivity contribution in [3.63, 3.8) is 0 Å². The number of carbonyl (C=O) groups excluding carboxylic acids is 2. The molecule has 128 valence electrons. The molecular formula is C20H18ClNO3. The van der Waals surface area contributed by atoms with Crippen LogP contribution >= 0.6 is 11.6 Å². The van der Waals surface area contributed by atoms with E-state index in [0.717, 1.165) is 41.3 Å². The Morgan fingerprint density at radius 2 is 2.04 bits per heavy atom. The van der Waals surface area contributed by atoms with Gasteiger partial charge in [-0.15, -0.1) is 0 Å². The maximum absolute atomic E-state index is 12.3. The average Bonchev–Trinajstić information content (AvgIpc) is 2.97. The van der Waals surface area contributed by atoms with Gasteiger partial charge in [0.2, 0.25) is 0 Å². The summed E-state index contributed by atoms with van der Waals surface area (Å²) in [4.78, 5) is 26.9. The van der Waals surface area contributed by atoms with Crippen molar-refractivity contribution in [3.05, 3.63) is 69.9 Å². The molecule has 0 unspecified atom stereocenters. The number of aldehydes is 1. The number of carbonyl (C=O) groups is 2. The molecule has 1 N–H and O–H groups in total. The molecule has 3 aromatic rings. The number of rotatable bonds is 6. The summed E-state index contributed by atoms with van der Waals surface area (Å²) in [6.07, 6.45) is 2.58. The molecule has 0 radical (unpaired) electrons. The summed E-state index contributed by atoms with van der Waals surface area (Å²) >= 11 is 6.07. The zero-order chi connectivity index (χ0) is 17.8. The molecule has 0 aliphatic carbocycles. The van der Waals surface area contributed by atoms with Gasteiger partial charge in [-0.1, -0.05) is 49.2 Å². The monoisotopic (exact) mass is 355 g/mol. The summed E-state index contributed by atoms with van der Waals surface area (Å²) in [7, 11) is 0. The molecule has 3 rings (SSSR count). The summed E-state index contributed by atoms with van der Waals surface area (Å²) in [5.74, 6) is -0.430. The number of nitrogens with one attached hydrogen (secondary N) is 1. The molecule has 1 heterocycles. The number of hydrogen-bond acceptors (Lipinski definition) is 3. The van der Waals surface area contributed by atoms with Crippen LogP contribution in [0, 0.1) is 0 Å². The predicted molar refractivity (Wildman–Crippen MR) is 98.3 cm³/mol. The van der Waals surface area contributed by atoms with Crippen LogP contribution in [0.2, 0.25) is 5.02 Å². The molecule has 0 fully saturated rings. The van der Waals surface area contributed by atoms with E-state index >= 15 is 0 Å². The molecule has 0 saturated carbocycles. The largest absolute Gasteiger partial charge is 0.457 e. The van der Waals surface area contributed by atoms with Gasteiger partial charge in [-0.05, 0) is 24.6 Å². The smallest absolute Gasteiger partial charge is 0.338 e. The number of benzene rings is 2. The second kappa shape index (κ2) is 7.53. The van der Waals surface area contributed by atoms with Gasteiger partial charge in [0.15, 0.2) is 6.29 Å². The SMILES string of the molecule is CCCc1[nH]c2cc(C(=O)OCc3ccccc3Cl)ccc2c1C=O. The number of esters is 1.